The van der Waals surface area contributed by atoms with E-state index in [0.29, 0.717) is 17.9 Å². The molecule has 21 heavy (non-hydrogen) atoms. The number of nitrogens with one attached hydrogen (secondary N) is 1. The molecule has 0 aromatic heterocycles. The van der Waals surface area contributed by atoms with E-state index in [1.54, 1.807) is 0 Å². The lowest BCUT2D eigenvalue weighted by molar-refractivity contribution is -0.130. The van der Waals surface area contributed by atoms with Crippen molar-refractivity contribution in [3.8, 4) is 0 Å². The molecule has 0 aromatic carbocycles. The van der Waals surface area contributed by atoms with Gasteiger partial charge < -0.3 is 9.80 Å². The lowest BCUT2D eigenvalue weighted by Gasteiger charge is -2.25. The van der Waals surface area contributed by atoms with Gasteiger partial charge in [0, 0.05) is 12.6 Å². The first-order valence-corrected chi connectivity index (χ1v) is 8.65. The monoisotopic (exact) mass is 297 g/mol. The van der Waals surface area contributed by atoms with Crippen molar-refractivity contribution in [1.82, 2.24) is 15.1 Å². The van der Waals surface area contributed by atoms with Gasteiger partial charge in [-0.3, -0.25) is 10.1 Å². The fourth-order valence-electron chi connectivity index (χ4n) is 2.86. The molecule has 1 heterocycles. The third-order valence-electron chi connectivity index (χ3n) is 4.57. The summed E-state index contributed by atoms with van der Waals surface area (Å²) >= 11 is 0. The van der Waals surface area contributed by atoms with Gasteiger partial charge in [0.25, 0.3) is 0 Å². The van der Waals surface area contributed by atoms with Crippen molar-refractivity contribution >= 4 is 5.91 Å². The Labute approximate surface area is 131 Å². The highest BCUT2D eigenvalue weighted by Crippen LogP contribution is 2.20. The molecule has 0 saturated carbocycles. The molecule has 1 aliphatic heterocycles. The predicted octanol–water partition coefficient (Wildman–Crippen LogP) is 2.69. The maximum absolute atomic E-state index is 12.5. The minimum Gasteiger partial charge on any atom is -0.326 e. The smallest absolute Gasteiger partial charge is 0.241 e. The SMILES string of the molecule is CCCC1NC(C(C)C)C(=O)N1CCCCN(C)C(C)C. The Morgan fingerprint density at radius 1 is 1.24 bits per heavy atom. The van der Waals surface area contributed by atoms with Crippen molar-refractivity contribution in [2.75, 3.05) is 20.1 Å². The Morgan fingerprint density at radius 2 is 1.90 bits per heavy atom. The van der Waals surface area contributed by atoms with E-state index in [1.165, 1.54) is 0 Å². The molecule has 1 fully saturated rings. The standard InChI is InChI=1S/C17H35N3O/c1-7-10-15-18-16(13(2)3)17(21)20(15)12-9-8-11-19(6)14(4)5/h13-16,18H,7-12H2,1-6H3. The second kappa shape index (κ2) is 8.74. The van der Waals surface area contributed by atoms with Gasteiger partial charge in [-0.15, -0.1) is 0 Å². The van der Waals surface area contributed by atoms with E-state index in [4.69, 9.17) is 0 Å². The summed E-state index contributed by atoms with van der Waals surface area (Å²) in [5, 5.41) is 3.53. The van der Waals surface area contributed by atoms with Crippen LogP contribution in [0.5, 0.6) is 0 Å². The first-order chi connectivity index (χ1) is 9.88. The molecule has 2 atom stereocenters. The molecule has 1 N–H and O–H groups in total. The molecule has 1 saturated heterocycles. The summed E-state index contributed by atoms with van der Waals surface area (Å²) < 4.78 is 0. The van der Waals surface area contributed by atoms with Crippen molar-refractivity contribution in [1.29, 1.82) is 0 Å². The number of rotatable bonds is 9. The average Bonchev–Trinajstić information content (AvgIpc) is 2.72. The van der Waals surface area contributed by atoms with Gasteiger partial charge in [0.2, 0.25) is 5.91 Å². The van der Waals surface area contributed by atoms with Gasteiger partial charge in [0.15, 0.2) is 0 Å². The zero-order chi connectivity index (χ0) is 16.0. The molecule has 4 nitrogen and oxygen atoms in total. The summed E-state index contributed by atoms with van der Waals surface area (Å²) in [6.07, 6.45) is 4.67. The molecule has 4 heteroatoms. The van der Waals surface area contributed by atoms with Crippen LogP contribution in [0.4, 0.5) is 0 Å². The van der Waals surface area contributed by atoms with Crippen LogP contribution in [0.15, 0.2) is 0 Å². The first kappa shape index (κ1) is 18.4. The van der Waals surface area contributed by atoms with Crippen LogP contribution in [0.2, 0.25) is 0 Å². The molecular formula is C17H35N3O. The van der Waals surface area contributed by atoms with E-state index in [0.717, 1.165) is 38.8 Å². The number of hydrogen-bond donors (Lipinski definition) is 1. The Hall–Kier alpha value is -0.610. The lowest BCUT2D eigenvalue weighted by Crippen LogP contribution is -2.38. The van der Waals surface area contributed by atoms with Crippen LogP contribution in [-0.2, 0) is 4.79 Å². The summed E-state index contributed by atoms with van der Waals surface area (Å²) in [4.78, 5) is 17.0. The van der Waals surface area contributed by atoms with Crippen LogP contribution < -0.4 is 5.32 Å². The highest BCUT2D eigenvalue weighted by molar-refractivity contribution is 5.84. The zero-order valence-electron chi connectivity index (χ0n) is 14.9. The Balaban J connectivity index is 2.45. The summed E-state index contributed by atoms with van der Waals surface area (Å²) in [5.74, 6) is 0.676. The average molecular weight is 297 g/mol. The quantitative estimate of drug-likeness (QED) is 0.665. The van der Waals surface area contributed by atoms with Crippen LogP contribution >= 0.6 is 0 Å². The summed E-state index contributed by atoms with van der Waals surface area (Å²) in [6, 6.07) is 0.609. The Kier molecular flexibility index (Phi) is 7.67. The molecule has 0 radical (unpaired) electrons. The number of hydrogen-bond acceptors (Lipinski definition) is 3. The molecule has 2 unspecified atom stereocenters. The number of nitrogens with zero attached hydrogens (tertiary/aromatic N) is 2. The highest BCUT2D eigenvalue weighted by atomic mass is 16.2. The topological polar surface area (TPSA) is 35.6 Å². The van der Waals surface area contributed by atoms with E-state index >= 15 is 0 Å². The van der Waals surface area contributed by atoms with Crippen LogP contribution in [0.1, 0.15) is 60.3 Å². The minimum absolute atomic E-state index is 0.0138. The summed E-state index contributed by atoms with van der Waals surface area (Å²) in [6.45, 7) is 12.9. The maximum Gasteiger partial charge on any atom is 0.241 e. The second-order valence-corrected chi connectivity index (χ2v) is 7.01. The summed E-state index contributed by atoms with van der Waals surface area (Å²) in [5.41, 5.74) is 0. The largest absolute Gasteiger partial charge is 0.326 e. The number of carbonyl (C=O) groups is 1. The Bertz CT molecular complexity index is 317. The highest BCUT2D eigenvalue weighted by Gasteiger charge is 2.39. The van der Waals surface area contributed by atoms with Crippen molar-refractivity contribution in [3.05, 3.63) is 0 Å². The van der Waals surface area contributed by atoms with Crippen LogP contribution in [0, 0.1) is 5.92 Å². The molecular weight excluding hydrogens is 262 g/mol. The van der Waals surface area contributed by atoms with Crippen LogP contribution in [0.3, 0.4) is 0 Å². The van der Waals surface area contributed by atoms with Gasteiger partial charge in [-0.1, -0.05) is 27.2 Å². The lowest BCUT2D eigenvalue weighted by atomic mass is 10.1. The van der Waals surface area contributed by atoms with Crippen LogP contribution in [0.25, 0.3) is 0 Å². The van der Waals surface area contributed by atoms with E-state index in [2.05, 4.69) is 56.8 Å². The first-order valence-electron chi connectivity index (χ1n) is 8.65. The normalized spacial score (nSPS) is 23.1. The van der Waals surface area contributed by atoms with E-state index in [-0.39, 0.29) is 12.2 Å². The van der Waals surface area contributed by atoms with Crippen molar-refractivity contribution in [2.24, 2.45) is 5.92 Å². The van der Waals surface area contributed by atoms with E-state index < -0.39 is 0 Å². The van der Waals surface area contributed by atoms with Gasteiger partial charge in [0.05, 0.1) is 12.2 Å². The summed E-state index contributed by atoms with van der Waals surface area (Å²) in [7, 11) is 2.17. The van der Waals surface area contributed by atoms with E-state index in [9.17, 15) is 4.79 Å². The number of unbranched alkanes of at least 4 members (excludes halogenated alkanes) is 1. The van der Waals surface area contributed by atoms with Gasteiger partial charge >= 0.3 is 0 Å². The molecule has 0 spiro atoms. The number of carbonyl (C=O) groups excluding carboxylic acids is 1. The molecule has 1 amide bonds. The van der Waals surface area contributed by atoms with Gasteiger partial charge in [-0.2, -0.15) is 0 Å². The fourth-order valence-corrected chi connectivity index (χ4v) is 2.86. The minimum atomic E-state index is 0.0138. The van der Waals surface area contributed by atoms with Crippen molar-refractivity contribution in [2.45, 2.75) is 78.6 Å². The third kappa shape index (κ3) is 5.26. The molecule has 124 valence electrons. The van der Waals surface area contributed by atoms with Crippen molar-refractivity contribution < 1.29 is 4.79 Å². The maximum atomic E-state index is 12.5. The fraction of sp³-hybridized carbons (Fsp3) is 0.941. The number of amides is 1. The molecule has 0 bridgehead atoms. The van der Waals surface area contributed by atoms with Crippen LogP contribution in [-0.4, -0.2) is 54.1 Å². The van der Waals surface area contributed by atoms with E-state index in [1.807, 2.05) is 0 Å². The molecule has 1 rings (SSSR count). The third-order valence-corrected chi connectivity index (χ3v) is 4.57. The molecule has 0 aromatic rings. The van der Waals surface area contributed by atoms with Gasteiger partial charge in [-0.25, -0.2) is 0 Å². The predicted molar refractivity (Wildman–Crippen MR) is 89.2 cm³/mol. The zero-order valence-corrected chi connectivity index (χ0v) is 14.9. The van der Waals surface area contributed by atoms with Gasteiger partial charge in [-0.05, 0) is 52.6 Å². The van der Waals surface area contributed by atoms with Crippen molar-refractivity contribution in [3.63, 3.8) is 0 Å². The Morgan fingerprint density at radius 3 is 2.43 bits per heavy atom. The molecule has 0 aliphatic carbocycles. The second-order valence-electron chi connectivity index (χ2n) is 7.01. The molecule has 1 aliphatic rings. The van der Waals surface area contributed by atoms with Gasteiger partial charge in [0.1, 0.15) is 0 Å².